The minimum absolute atomic E-state index is 0.189. The van der Waals surface area contributed by atoms with Crippen molar-refractivity contribution < 1.29 is 14.6 Å². The van der Waals surface area contributed by atoms with E-state index < -0.39 is 28.7 Å². The zero-order valence-electron chi connectivity index (χ0n) is 17.1. The topological polar surface area (TPSA) is 115 Å². The van der Waals surface area contributed by atoms with Gasteiger partial charge in [-0.3, -0.25) is 13.9 Å². The smallest absolute Gasteiger partial charge is 0.344 e. The lowest BCUT2D eigenvalue weighted by atomic mass is 9.85. The van der Waals surface area contributed by atoms with E-state index in [1.54, 1.807) is 48.5 Å². The van der Waals surface area contributed by atoms with Gasteiger partial charge in [0, 0.05) is 14.1 Å². The highest BCUT2D eigenvalue weighted by Gasteiger charge is 2.32. The van der Waals surface area contributed by atoms with Crippen LogP contribution in [0.15, 0.2) is 67.3 Å². The fourth-order valence-electron chi connectivity index (χ4n) is 3.75. The molecule has 0 fully saturated rings. The molecule has 158 valence electrons. The predicted octanol–water partition coefficient (Wildman–Crippen LogP) is 2.09. The molecule has 0 aliphatic carbocycles. The number of aromatic hydroxyl groups is 2. The van der Waals surface area contributed by atoms with Gasteiger partial charge in [-0.2, -0.15) is 0 Å². The minimum atomic E-state index is -1.17. The summed E-state index contributed by atoms with van der Waals surface area (Å²) in [4.78, 5) is 38.3. The van der Waals surface area contributed by atoms with Crippen molar-refractivity contribution in [2.24, 2.45) is 14.1 Å². The maximum absolute atomic E-state index is 13.1. The van der Waals surface area contributed by atoms with E-state index in [1.165, 1.54) is 14.1 Å². The molecule has 0 aliphatic rings. The number of para-hydroxylation sites is 1. The Balaban J connectivity index is 2.17. The van der Waals surface area contributed by atoms with Crippen LogP contribution >= 0.6 is 0 Å². The van der Waals surface area contributed by atoms with Crippen LogP contribution in [-0.2, 0) is 14.1 Å². The molecule has 2 heterocycles. The molecule has 2 aromatic carbocycles. The van der Waals surface area contributed by atoms with E-state index in [0.29, 0.717) is 5.56 Å². The normalized spacial score (nSPS) is 12.2. The van der Waals surface area contributed by atoms with Crippen molar-refractivity contribution in [1.82, 2.24) is 9.13 Å². The van der Waals surface area contributed by atoms with Gasteiger partial charge >= 0.3 is 11.3 Å². The molecule has 0 saturated heterocycles. The monoisotopic (exact) mass is 420 g/mol. The molecular weight excluding hydrogens is 400 g/mol. The first-order valence-corrected chi connectivity index (χ1v) is 9.52. The third kappa shape index (κ3) is 3.13. The number of aryl methyl sites for hydroxylation is 1. The van der Waals surface area contributed by atoms with Crippen molar-refractivity contribution in [3.63, 3.8) is 0 Å². The largest absolute Gasteiger partial charge is 0.507 e. The van der Waals surface area contributed by atoms with Crippen LogP contribution in [-0.4, -0.2) is 19.3 Å². The Morgan fingerprint density at radius 3 is 2.19 bits per heavy atom. The van der Waals surface area contributed by atoms with Crippen LogP contribution in [0.1, 0.15) is 28.2 Å². The third-order valence-corrected chi connectivity index (χ3v) is 5.48. The molecule has 8 nitrogen and oxygen atoms in total. The molecule has 0 aliphatic heterocycles. The maximum atomic E-state index is 13.1. The van der Waals surface area contributed by atoms with Gasteiger partial charge in [0.15, 0.2) is 0 Å². The van der Waals surface area contributed by atoms with Gasteiger partial charge in [-0.25, -0.2) is 9.59 Å². The Morgan fingerprint density at radius 1 is 0.871 bits per heavy atom. The summed E-state index contributed by atoms with van der Waals surface area (Å²) in [6, 6.07) is 13.4. The molecule has 0 saturated carbocycles. The van der Waals surface area contributed by atoms with Crippen LogP contribution in [0, 0.1) is 6.92 Å². The lowest BCUT2D eigenvalue weighted by molar-refractivity contribution is 0.399. The van der Waals surface area contributed by atoms with E-state index in [-0.39, 0.29) is 27.8 Å². The third-order valence-electron chi connectivity index (χ3n) is 5.48. The highest BCUT2D eigenvalue weighted by Crippen LogP contribution is 2.39. The summed E-state index contributed by atoms with van der Waals surface area (Å²) in [7, 11) is 2.60. The van der Waals surface area contributed by atoms with E-state index >= 15 is 0 Å². The number of hydrogen-bond donors (Lipinski definition) is 2. The van der Waals surface area contributed by atoms with Gasteiger partial charge in [-0.15, -0.1) is 0 Å². The van der Waals surface area contributed by atoms with Crippen LogP contribution in [0.25, 0.3) is 11.0 Å². The van der Waals surface area contributed by atoms with Crippen LogP contribution in [0.5, 0.6) is 11.6 Å². The molecule has 0 radical (unpaired) electrons. The number of fused-ring (bicyclic) bond motifs is 1. The van der Waals surface area contributed by atoms with E-state index in [0.717, 1.165) is 14.7 Å². The SMILES string of the molecule is Cc1ccc(C(c2c(O)c3ccccc3oc2=O)c2c(O)n(C)c(=O)n(C)c2=O)cc1. The fraction of sp³-hybridized carbons (Fsp3) is 0.174. The molecule has 8 heteroatoms. The van der Waals surface area contributed by atoms with Gasteiger partial charge in [0.2, 0.25) is 5.88 Å². The zero-order valence-corrected chi connectivity index (χ0v) is 17.1. The van der Waals surface area contributed by atoms with Crippen LogP contribution in [0.3, 0.4) is 0 Å². The second-order valence-electron chi connectivity index (χ2n) is 7.43. The van der Waals surface area contributed by atoms with Crippen LogP contribution in [0.2, 0.25) is 0 Å². The maximum Gasteiger partial charge on any atom is 0.344 e. The summed E-state index contributed by atoms with van der Waals surface area (Å²) < 4.78 is 7.17. The lowest BCUT2D eigenvalue weighted by Crippen LogP contribution is -2.40. The fourth-order valence-corrected chi connectivity index (χ4v) is 3.75. The van der Waals surface area contributed by atoms with Crippen molar-refractivity contribution in [1.29, 1.82) is 0 Å². The number of nitrogens with zero attached hydrogens (tertiary/aromatic N) is 2. The van der Waals surface area contributed by atoms with Gasteiger partial charge < -0.3 is 14.6 Å². The van der Waals surface area contributed by atoms with Crippen molar-refractivity contribution >= 4 is 11.0 Å². The van der Waals surface area contributed by atoms with Crippen molar-refractivity contribution in [2.75, 3.05) is 0 Å². The van der Waals surface area contributed by atoms with Gasteiger partial charge in [-0.1, -0.05) is 42.0 Å². The lowest BCUT2D eigenvalue weighted by Gasteiger charge is -2.21. The predicted molar refractivity (Wildman–Crippen MR) is 115 cm³/mol. The molecule has 4 aromatic rings. The van der Waals surface area contributed by atoms with E-state index in [9.17, 15) is 24.6 Å². The highest BCUT2D eigenvalue weighted by molar-refractivity contribution is 5.84. The number of benzene rings is 2. The summed E-state index contributed by atoms with van der Waals surface area (Å²) in [6.07, 6.45) is 0. The van der Waals surface area contributed by atoms with Crippen LogP contribution in [0.4, 0.5) is 0 Å². The van der Waals surface area contributed by atoms with Crippen molar-refractivity contribution in [2.45, 2.75) is 12.8 Å². The Bertz CT molecular complexity index is 1490. The Kier molecular flexibility index (Phi) is 4.77. The first-order chi connectivity index (χ1) is 14.7. The van der Waals surface area contributed by atoms with E-state index in [4.69, 9.17) is 4.42 Å². The molecule has 2 N–H and O–H groups in total. The second-order valence-corrected chi connectivity index (χ2v) is 7.43. The Hall–Kier alpha value is -4.07. The van der Waals surface area contributed by atoms with E-state index in [2.05, 4.69) is 0 Å². The van der Waals surface area contributed by atoms with Gasteiger partial charge in [-0.05, 0) is 24.6 Å². The number of hydrogen-bond acceptors (Lipinski definition) is 6. The Labute approximate surface area is 175 Å². The van der Waals surface area contributed by atoms with Gasteiger partial charge in [0.25, 0.3) is 5.56 Å². The first kappa shape index (κ1) is 20.2. The highest BCUT2D eigenvalue weighted by atomic mass is 16.4. The number of aromatic nitrogens is 2. The molecular formula is C23H20N2O6. The molecule has 1 atom stereocenters. The molecule has 2 aromatic heterocycles. The van der Waals surface area contributed by atoms with Crippen molar-refractivity contribution in [3.05, 3.63) is 102 Å². The molecule has 4 rings (SSSR count). The quantitative estimate of drug-likeness (QED) is 0.491. The van der Waals surface area contributed by atoms with Crippen molar-refractivity contribution in [3.8, 4) is 11.6 Å². The zero-order chi connectivity index (χ0) is 22.4. The van der Waals surface area contributed by atoms with Gasteiger partial charge in [0.05, 0.1) is 22.4 Å². The molecule has 0 amide bonds. The van der Waals surface area contributed by atoms with E-state index in [1.807, 2.05) is 6.92 Å². The molecule has 31 heavy (non-hydrogen) atoms. The summed E-state index contributed by atoms with van der Waals surface area (Å²) in [5.74, 6) is -2.12. The summed E-state index contributed by atoms with van der Waals surface area (Å²) in [5, 5.41) is 22.1. The molecule has 1 unspecified atom stereocenters. The van der Waals surface area contributed by atoms with Crippen LogP contribution < -0.4 is 16.9 Å². The minimum Gasteiger partial charge on any atom is -0.507 e. The molecule has 0 bridgehead atoms. The average Bonchev–Trinajstić information content (AvgIpc) is 2.76. The summed E-state index contributed by atoms with van der Waals surface area (Å²) in [6.45, 7) is 1.88. The first-order valence-electron chi connectivity index (χ1n) is 9.52. The Morgan fingerprint density at radius 2 is 1.52 bits per heavy atom. The standard InChI is InChI=1S/C23H20N2O6/c1-12-8-10-13(11-9-12)16(18-20(27)24(2)23(30)25(3)21(18)28)17-19(26)14-6-4-5-7-15(14)31-22(17)29/h4-11,16,26-27H,1-3H3. The number of rotatable bonds is 3. The summed E-state index contributed by atoms with van der Waals surface area (Å²) in [5.41, 5.74) is -1.17. The summed E-state index contributed by atoms with van der Waals surface area (Å²) >= 11 is 0. The molecule has 0 spiro atoms. The van der Waals surface area contributed by atoms with Gasteiger partial charge in [0.1, 0.15) is 11.3 Å². The second kappa shape index (κ2) is 7.32. The average molecular weight is 420 g/mol.